The Morgan fingerprint density at radius 1 is 1.20 bits per heavy atom. The average molecular weight is 280 g/mol. The topological polar surface area (TPSA) is 78.4 Å². The Hall–Kier alpha value is -2.70. The first-order chi connectivity index (χ1) is 9.47. The van der Waals surface area contributed by atoms with Gasteiger partial charge in [-0.25, -0.2) is 8.78 Å². The number of rotatable bonds is 4. The lowest BCUT2D eigenvalue weighted by atomic mass is 10.1. The third-order valence-corrected chi connectivity index (χ3v) is 2.60. The zero-order valence-electron chi connectivity index (χ0n) is 10.2. The van der Waals surface area contributed by atoms with E-state index in [1.54, 1.807) is 0 Å². The van der Waals surface area contributed by atoms with Crippen molar-refractivity contribution < 1.29 is 18.4 Å². The zero-order valence-corrected chi connectivity index (χ0v) is 10.2. The Kier molecular flexibility index (Phi) is 3.79. The molecular weight excluding hydrogens is 270 g/mol. The van der Waals surface area contributed by atoms with Gasteiger partial charge in [-0.3, -0.25) is 10.1 Å². The van der Waals surface area contributed by atoms with Crippen molar-refractivity contribution in [1.29, 1.82) is 0 Å². The van der Waals surface area contributed by atoms with Gasteiger partial charge in [0.25, 0.3) is 5.69 Å². The largest absolute Gasteiger partial charge is 0.489 e. The number of anilines is 1. The first kappa shape index (κ1) is 13.7. The molecule has 0 aliphatic carbocycles. The molecule has 0 unspecified atom stereocenters. The molecule has 104 valence electrons. The molecule has 0 radical (unpaired) electrons. The fourth-order valence-electron chi connectivity index (χ4n) is 1.66. The minimum Gasteiger partial charge on any atom is -0.489 e. The number of para-hydroxylation sites is 1. The van der Waals surface area contributed by atoms with Crippen molar-refractivity contribution in [1.82, 2.24) is 0 Å². The van der Waals surface area contributed by atoms with Gasteiger partial charge in [-0.1, -0.05) is 12.1 Å². The summed E-state index contributed by atoms with van der Waals surface area (Å²) < 4.78 is 31.1. The monoisotopic (exact) mass is 280 g/mol. The SMILES string of the molecule is Nc1c(COc2cc(F)cc(F)c2)cccc1[N+](=O)[O-]. The molecule has 2 aromatic rings. The van der Waals surface area contributed by atoms with Gasteiger partial charge in [0.15, 0.2) is 0 Å². The summed E-state index contributed by atoms with van der Waals surface area (Å²) >= 11 is 0. The molecule has 0 aliphatic rings. The van der Waals surface area contributed by atoms with Crippen LogP contribution in [0.15, 0.2) is 36.4 Å². The van der Waals surface area contributed by atoms with E-state index in [4.69, 9.17) is 10.5 Å². The van der Waals surface area contributed by atoms with Gasteiger partial charge in [0.2, 0.25) is 0 Å². The third-order valence-electron chi connectivity index (χ3n) is 2.60. The number of nitrogens with zero attached hydrogens (tertiary/aromatic N) is 1. The summed E-state index contributed by atoms with van der Waals surface area (Å²) in [5.74, 6) is -1.56. The molecule has 0 fully saturated rings. The van der Waals surface area contributed by atoms with Crippen molar-refractivity contribution in [3.63, 3.8) is 0 Å². The van der Waals surface area contributed by atoms with Crippen LogP contribution in [0.5, 0.6) is 5.75 Å². The molecule has 20 heavy (non-hydrogen) atoms. The van der Waals surface area contributed by atoms with Crippen LogP contribution >= 0.6 is 0 Å². The van der Waals surface area contributed by atoms with E-state index in [2.05, 4.69) is 0 Å². The van der Waals surface area contributed by atoms with Gasteiger partial charge in [0.05, 0.1) is 4.92 Å². The van der Waals surface area contributed by atoms with Crippen LogP contribution in [0, 0.1) is 21.7 Å². The molecule has 0 saturated heterocycles. The fourth-order valence-corrected chi connectivity index (χ4v) is 1.66. The summed E-state index contributed by atoms with van der Waals surface area (Å²) in [6.45, 7) is -0.129. The number of benzene rings is 2. The summed E-state index contributed by atoms with van der Waals surface area (Å²) in [5.41, 5.74) is 5.73. The maximum atomic E-state index is 13.0. The average Bonchev–Trinajstić information content (AvgIpc) is 2.36. The summed E-state index contributed by atoms with van der Waals surface area (Å²) in [4.78, 5) is 10.1. The molecule has 7 heteroatoms. The lowest BCUT2D eigenvalue weighted by molar-refractivity contribution is -0.384. The minimum absolute atomic E-state index is 0.0200. The lowest BCUT2D eigenvalue weighted by Crippen LogP contribution is -2.03. The van der Waals surface area contributed by atoms with Crippen LogP contribution in [-0.4, -0.2) is 4.92 Å². The second-order valence-electron chi connectivity index (χ2n) is 4.00. The fraction of sp³-hybridized carbons (Fsp3) is 0.0769. The predicted molar refractivity (Wildman–Crippen MR) is 68.2 cm³/mol. The van der Waals surface area contributed by atoms with Gasteiger partial charge in [-0.05, 0) is 0 Å². The van der Waals surface area contributed by atoms with Gasteiger partial charge in [-0.15, -0.1) is 0 Å². The molecule has 0 saturated carbocycles. The molecule has 5 nitrogen and oxygen atoms in total. The van der Waals surface area contributed by atoms with Crippen LogP contribution in [0.25, 0.3) is 0 Å². The van der Waals surface area contributed by atoms with Crippen molar-refractivity contribution in [3.8, 4) is 5.75 Å². The van der Waals surface area contributed by atoms with Gasteiger partial charge >= 0.3 is 0 Å². The highest BCUT2D eigenvalue weighted by molar-refractivity contribution is 5.62. The molecule has 2 aromatic carbocycles. The summed E-state index contributed by atoms with van der Waals surface area (Å²) in [6, 6.07) is 7.00. The quantitative estimate of drug-likeness (QED) is 0.530. The minimum atomic E-state index is -0.771. The Labute approximate surface area is 112 Å². The Morgan fingerprint density at radius 2 is 1.85 bits per heavy atom. The molecule has 2 N–H and O–H groups in total. The van der Waals surface area contributed by atoms with Crippen molar-refractivity contribution in [3.05, 3.63) is 63.7 Å². The van der Waals surface area contributed by atoms with E-state index < -0.39 is 16.6 Å². The van der Waals surface area contributed by atoms with E-state index in [1.165, 1.54) is 18.2 Å². The lowest BCUT2D eigenvalue weighted by Gasteiger charge is -2.09. The standard InChI is InChI=1S/C13H10F2N2O3/c14-9-4-10(15)6-11(5-9)20-7-8-2-1-3-12(13(8)16)17(18)19/h1-6H,7,16H2. The number of halogens is 2. The molecule has 0 aliphatic heterocycles. The van der Waals surface area contributed by atoms with E-state index in [0.29, 0.717) is 11.6 Å². The van der Waals surface area contributed by atoms with Crippen molar-refractivity contribution in [2.24, 2.45) is 0 Å². The number of hydrogen-bond donors (Lipinski definition) is 1. The number of nitrogens with two attached hydrogens (primary N) is 1. The highest BCUT2D eigenvalue weighted by atomic mass is 19.1. The predicted octanol–water partition coefficient (Wildman–Crippen LogP) is 3.03. The maximum Gasteiger partial charge on any atom is 0.292 e. The first-order valence-electron chi connectivity index (χ1n) is 5.58. The Balaban J connectivity index is 2.19. The molecule has 2 rings (SSSR count). The van der Waals surface area contributed by atoms with Crippen LogP contribution in [0.4, 0.5) is 20.2 Å². The molecule has 0 aromatic heterocycles. The van der Waals surface area contributed by atoms with Crippen molar-refractivity contribution in [2.75, 3.05) is 5.73 Å². The normalized spacial score (nSPS) is 10.3. The van der Waals surface area contributed by atoms with Crippen LogP contribution in [0.2, 0.25) is 0 Å². The van der Waals surface area contributed by atoms with Gasteiger partial charge in [0, 0.05) is 29.8 Å². The second kappa shape index (κ2) is 5.52. The van der Waals surface area contributed by atoms with Gasteiger partial charge in [-0.2, -0.15) is 0 Å². The number of nitro groups is 1. The van der Waals surface area contributed by atoms with Crippen molar-refractivity contribution >= 4 is 11.4 Å². The highest BCUT2D eigenvalue weighted by Gasteiger charge is 2.14. The van der Waals surface area contributed by atoms with Crippen LogP contribution in [-0.2, 0) is 6.61 Å². The van der Waals surface area contributed by atoms with Gasteiger partial charge in [0.1, 0.15) is 29.7 Å². The van der Waals surface area contributed by atoms with E-state index >= 15 is 0 Å². The zero-order chi connectivity index (χ0) is 14.7. The van der Waals surface area contributed by atoms with E-state index in [0.717, 1.165) is 12.1 Å². The van der Waals surface area contributed by atoms with Crippen LogP contribution < -0.4 is 10.5 Å². The molecule has 0 bridgehead atoms. The molecule has 0 amide bonds. The Morgan fingerprint density at radius 3 is 2.45 bits per heavy atom. The third kappa shape index (κ3) is 3.00. The summed E-state index contributed by atoms with van der Waals surface area (Å²) in [7, 11) is 0. The van der Waals surface area contributed by atoms with E-state index in [9.17, 15) is 18.9 Å². The van der Waals surface area contributed by atoms with Crippen LogP contribution in [0.3, 0.4) is 0 Å². The number of nitrogen functional groups attached to an aromatic ring is 1. The smallest absolute Gasteiger partial charge is 0.292 e. The molecule has 0 heterocycles. The number of nitro benzene ring substituents is 1. The molecular formula is C13H10F2N2O3. The Bertz CT molecular complexity index is 642. The summed E-state index contributed by atoms with van der Waals surface area (Å²) in [6.07, 6.45) is 0. The van der Waals surface area contributed by atoms with E-state index in [-0.39, 0.29) is 23.7 Å². The van der Waals surface area contributed by atoms with Crippen molar-refractivity contribution in [2.45, 2.75) is 6.61 Å². The summed E-state index contributed by atoms with van der Waals surface area (Å²) in [5, 5.41) is 10.7. The number of ether oxygens (including phenoxy) is 1. The maximum absolute atomic E-state index is 13.0. The van der Waals surface area contributed by atoms with E-state index in [1.807, 2.05) is 0 Å². The highest BCUT2D eigenvalue weighted by Crippen LogP contribution is 2.26. The van der Waals surface area contributed by atoms with Crippen LogP contribution in [0.1, 0.15) is 5.56 Å². The number of hydrogen-bond acceptors (Lipinski definition) is 4. The second-order valence-corrected chi connectivity index (χ2v) is 4.00. The molecule has 0 spiro atoms. The molecule has 0 atom stereocenters. The van der Waals surface area contributed by atoms with Gasteiger partial charge < -0.3 is 10.5 Å². The first-order valence-corrected chi connectivity index (χ1v) is 5.58.